The largest absolute Gasteiger partial charge is 0.377 e. The fraction of sp³-hybridized carbons (Fsp3) is 0.929. The molecule has 0 bridgehead atoms. The van der Waals surface area contributed by atoms with E-state index in [4.69, 9.17) is 10.5 Å². The fourth-order valence-corrected chi connectivity index (χ4v) is 2.97. The lowest BCUT2D eigenvalue weighted by Gasteiger charge is -2.33. The van der Waals surface area contributed by atoms with Crippen LogP contribution in [0.2, 0.25) is 0 Å². The van der Waals surface area contributed by atoms with Gasteiger partial charge < -0.3 is 20.7 Å². The summed E-state index contributed by atoms with van der Waals surface area (Å²) in [7, 11) is 0. The summed E-state index contributed by atoms with van der Waals surface area (Å²) in [5.74, 6) is 0. The van der Waals surface area contributed by atoms with Gasteiger partial charge >= 0.3 is 6.03 Å². The number of hydrogen-bond donors (Lipinski definition) is 2. The van der Waals surface area contributed by atoms with Crippen molar-refractivity contribution in [2.24, 2.45) is 5.73 Å². The van der Waals surface area contributed by atoms with Crippen molar-refractivity contribution < 1.29 is 9.53 Å². The Bertz CT molecular complexity index is 272. The SMILES string of the molecule is NCCOC1CCN(C(=O)NC2CCCCC2)CC1. The number of ether oxygens (including phenoxy) is 1. The lowest BCUT2D eigenvalue weighted by molar-refractivity contribution is 0.0187. The number of rotatable bonds is 4. The first-order chi connectivity index (χ1) is 9.29. The third-order valence-electron chi connectivity index (χ3n) is 4.13. The minimum atomic E-state index is 0.115. The van der Waals surface area contributed by atoms with Crippen LogP contribution in [-0.2, 0) is 4.74 Å². The molecule has 19 heavy (non-hydrogen) atoms. The average molecular weight is 269 g/mol. The number of urea groups is 1. The maximum atomic E-state index is 12.1. The van der Waals surface area contributed by atoms with Crippen LogP contribution < -0.4 is 11.1 Å². The molecule has 2 fully saturated rings. The summed E-state index contributed by atoms with van der Waals surface area (Å²) in [5, 5.41) is 3.17. The molecule has 0 unspecified atom stereocenters. The first-order valence-electron chi connectivity index (χ1n) is 7.66. The molecule has 0 aromatic rings. The lowest BCUT2D eigenvalue weighted by Crippen LogP contribution is -2.49. The van der Waals surface area contributed by atoms with Crippen molar-refractivity contribution in [1.29, 1.82) is 0 Å². The Balaban J connectivity index is 1.67. The Kier molecular flexibility index (Phi) is 5.92. The van der Waals surface area contributed by atoms with Gasteiger partial charge in [-0.05, 0) is 25.7 Å². The number of nitrogens with two attached hydrogens (primary N) is 1. The van der Waals surface area contributed by atoms with Gasteiger partial charge in [0, 0.05) is 25.7 Å². The number of carbonyl (C=O) groups is 1. The van der Waals surface area contributed by atoms with Gasteiger partial charge in [-0.25, -0.2) is 4.79 Å². The van der Waals surface area contributed by atoms with E-state index >= 15 is 0 Å². The lowest BCUT2D eigenvalue weighted by atomic mass is 9.96. The van der Waals surface area contributed by atoms with Crippen LogP contribution in [0.1, 0.15) is 44.9 Å². The van der Waals surface area contributed by atoms with E-state index in [1.807, 2.05) is 4.90 Å². The van der Waals surface area contributed by atoms with Gasteiger partial charge in [-0.15, -0.1) is 0 Å². The summed E-state index contributed by atoms with van der Waals surface area (Å²) < 4.78 is 5.63. The van der Waals surface area contributed by atoms with Crippen molar-refractivity contribution in [3.8, 4) is 0 Å². The van der Waals surface area contributed by atoms with Crippen molar-refractivity contribution in [2.45, 2.75) is 57.1 Å². The molecule has 2 amide bonds. The normalized spacial score (nSPS) is 22.5. The van der Waals surface area contributed by atoms with Crippen LogP contribution in [-0.4, -0.2) is 49.3 Å². The molecule has 2 rings (SSSR count). The number of nitrogens with zero attached hydrogens (tertiary/aromatic N) is 1. The predicted octanol–water partition coefficient (Wildman–Crippen LogP) is 1.47. The fourth-order valence-electron chi connectivity index (χ4n) is 2.97. The molecule has 1 saturated heterocycles. The topological polar surface area (TPSA) is 67.6 Å². The van der Waals surface area contributed by atoms with Crippen LogP contribution in [0.4, 0.5) is 4.79 Å². The van der Waals surface area contributed by atoms with E-state index < -0.39 is 0 Å². The highest BCUT2D eigenvalue weighted by Crippen LogP contribution is 2.18. The molecule has 2 aliphatic rings. The molecule has 5 heteroatoms. The molecular formula is C14H27N3O2. The van der Waals surface area contributed by atoms with Crippen LogP contribution in [0.5, 0.6) is 0 Å². The maximum Gasteiger partial charge on any atom is 0.317 e. The van der Waals surface area contributed by atoms with E-state index in [0.717, 1.165) is 38.8 Å². The zero-order valence-electron chi connectivity index (χ0n) is 11.8. The smallest absolute Gasteiger partial charge is 0.317 e. The predicted molar refractivity (Wildman–Crippen MR) is 75.0 cm³/mol. The molecule has 1 saturated carbocycles. The first kappa shape index (κ1) is 14.6. The van der Waals surface area contributed by atoms with Crippen LogP contribution in [0, 0.1) is 0 Å². The van der Waals surface area contributed by atoms with Crippen LogP contribution in [0.3, 0.4) is 0 Å². The molecule has 5 nitrogen and oxygen atoms in total. The summed E-state index contributed by atoms with van der Waals surface area (Å²) in [4.78, 5) is 14.1. The number of piperidine rings is 1. The van der Waals surface area contributed by atoms with Gasteiger partial charge in [0.2, 0.25) is 0 Å². The van der Waals surface area contributed by atoms with E-state index in [-0.39, 0.29) is 12.1 Å². The molecule has 0 radical (unpaired) electrons. The van der Waals surface area contributed by atoms with E-state index in [2.05, 4.69) is 5.32 Å². The standard InChI is InChI=1S/C14H27N3O2/c15-8-11-19-13-6-9-17(10-7-13)14(18)16-12-4-2-1-3-5-12/h12-13H,1-11,15H2,(H,16,18). The van der Waals surface area contributed by atoms with Crippen LogP contribution >= 0.6 is 0 Å². The van der Waals surface area contributed by atoms with Crippen molar-refractivity contribution in [2.75, 3.05) is 26.2 Å². The van der Waals surface area contributed by atoms with Gasteiger partial charge in [-0.2, -0.15) is 0 Å². The summed E-state index contributed by atoms with van der Waals surface area (Å²) in [6, 6.07) is 0.511. The van der Waals surface area contributed by atoms with E-state index in [1.54, 1.807) is 0 Å². The number of carbonyl (C=O) groups excluding carboxylic acids is 1. The first-order valence-corrected chi connectivity index (χ1v) is 7.66. The highest BCUT2D eigenvalue weighted by Gasteiger charge is 2.25. The molecule has 0 aromatic heterocycles. The molecule has 1 aliphatic heterocycles. The van der Waals surface area contributed by atoms with Gasteiger partial charge in [-0.3, -0.25) is 0 Å². The maximum absolute atomic E-state index is 12.1. The second kappa shape index (κ2) is 7.70. The van der Waals surface area contributed by atoms with Crippen LogP contribution in [0.15, 0.2) is 0 Å². The van der Waals surface area contributed by atoms with Gasteiger partial charge in [0.25, 0.3) is 0 Å². The monoisotopic (exact) mass is 269 g/mol. The number of likely N-dealkylation sites (tertiary alicyclic amines) is 1. The second-order valence-corrected chi connectivity index (χ2v) is 5.63. The number of amides is 2. The van der Waals surface area contributed by atoms with Crippen molar-refractivity contribution in [3.63, 3.8) is 0 Å². The Morgan fingerprint density at radius 2 is 1.84 bits per heavy atom. The Hall–Kier alpha value is -0.810. The molecule has 3 N–H and O–H groups in total. The van der Waals surface area contributed by atoms with Crippen molar-refractivity contribution >= 4 is 6.03 Å². The molecule has 0 aromatic carbocycles. The van der Waals surface area contributed by atoms with Crippen molar-refractivity contribution in [1.82, 2.24) is 10.2 Å². The van der Waals surface area contributed by atoms with Gasteiger partial charge in [0.05, 0.1) is 12.7 Å². The summed E-state index contributed by atoms with van der Waals surface area (Å²) >= 11 is 0. The Morgan fingerprint density at radius 3 is 2.47 bits per heavy atom. The summed E-state index contributed by atoms with van der Waals surface area (Å²) in [5.41, 5.74) is 5.43. The third kappa shape index (κ3) is 4.66. The van der Waals surface area contributed by atoms with E-state index in [9.17, 15) is 4.79 Å². The van der Waals surface area contributed by atoms with E-state index in [1.165, 1.54) is 19.3 Å². The zero-order chi connectivity index (χ0) is 13.5. The number of nitrogens with one attached hydrogen (secondary N) is 1. The minimum absolute atomic E-state index is 0.115. The third-order valence-corrected chi connectivity index (χ3v) is 4.13. The van der Waals surface area contributed by atoms with Crippen LogP contribution in [0.25, 0.3) is 0 Å². The van der Waals surface area contributed by atoms with E-state index in [0.29, 0.717) is 19.2 Å². The molecule has 0 spiro atoms. The Morgan fingerprint density at radius 1 is 1.16 bits per heavy atom. The van der Waals surface area contributed by atoms with Gasteiger partial charge in [0.15, 0.2) is 0 Å². The average Bonchev–Trinajstić information content (AvgIpc) is 2.46. The molecule has 1 aliphatic carbocycles. The highest BCUT2D eigenvalue weighted by atomic mass is 16.5. The second-order valence-electron chi connectivity index (χ2n) is 5.63. The van der Waals surface area contributed by atoms with Crippen molar-refractivity contribution in [3.05, 3.63) is 0 Å². The molecule has 0 atom stereocenters. The zero-order valence-corrected chi connectivity index (χ0v) is 11.8. The summed E-state index contributed by atoms with van der Waals surface area (Å²) in [6.45, 7) is 2.79. The quantitative estimate of drug-likeness (QED) is 0.812. The van der Waals surface area contributed by atoms with Gasteiger partial charge in [-0.1, -0.05) is 19.3 Å². The number of hydrogen-bond acceptors (Lipinski definition) is 3. The highest BCUT2D eigenvalue weighted by molar-refractivity contribution is 5.74. The molecular weight excluding hydrogens is 242 g/mol. The molecule has 110 valence electrons. The Labute approximate surface area is 115 Å². The summed E-state index contributed by atoms with van der Waals surface area (Å²) in [6.07, 6.45) is 8.23. The van der Waals surface area contributed by atoms with Gasteiger partial charge in [0.1, 0.15) is 0 Å². The molecule has 1 heterocycles. The minimum Gasteiger partial charge on any atom is -0.377 e.